The fraction of sp³-hybridized carbons (Fsp3) is 0.615. The molecular weight excluding hydrogens is 293 g/mol. The fourth-order valence-corrected chi connectivity index (χ4v) is 4.30. The number of aliphatic hydroxyl groups is 3. The highest BCUT2D eigenvalue weighted by Gasteiger charge is 2.76. The maximum atomic E-state index is 13.4. The van der Waals surface area contributed by atoms with Gasteiger partial charge in [-0.05, 0) is 11.8 Å². The fourth-order valence-electron chi connectivity index (χ4n) is 4.30. The Morgan fingerprint density at radius 1 is 1.41 bits per heavy atom. The monoisotopic (exact) mass is 309 g/mol. The summed E-state index contributed by atoms with van der Waals surface area (Å²) >= 11 is 0. The number of hydrogen-bond acceptors (Lipinski definition) is 7. The van der Waals surface area contributed by atoms with E-state index in [0.29, 0.717) is 0 Å². The van der Waals surface area contributed by atoms with Crippen LogP contribution in [0.15, 0.2) is 6.33 Å². The van der Waals surface area contributed by atoms with Crippen molar-refractivity contribution >= 4 is 17.0 Å². The molecule has 0 radical (unpaired) electrons. The standard InChI is InChI=1S/C13H16FN5O3/c1-4-5-7(8(21)9(22)13(4,5)2-20)19-3-16-6-10(15)17-12(14)18-11(6)19/h3-5,7-9,20-22H,2H2,1H3,(H2,15,17,18)/t4-,5+,7+,8?,9?,13+/m0/s1. The van der Waals surface area contributed by atoms with E-state index in [0.717, 1.165) is 0 Å². The molecule has 0 bridgehead atoms. The first-order chi connectivity index (χ1) is 10.4. The van der Waals surface area contributed by atoms with E-state index in [2.05, 4.69) is 15.0 Å². The Labute approximate surface area is 124 Å². The lowest BCUT2D eigenvalue weighted by Crippen LogP contribution is -2.37. The molecule has 4 rings (SSSR count). The molecule has 2 heterocycles. The van der Waals surface area contributed by atoms with Gasteiger partial charge in [0, 0.05) is 5.41 Å². The van der Waals surface area contributed by atoms with Gasteiger partial charge in [-0.25, -0.2) is 4.98 Å². The van der Waals surface area contributed by atoms with E-state index in [4.69, 9.17) is 5.73 Å². The first-order valence-electron chi connectivity index (χ1n) is 7.06. The first-order valence-corrected chi connectivity index (χ1v) is 7.06. The van der Waals surface area contributed by atoms with Crippen LogP contribution in [0.25, 0.3) is 11.2 Å². The van der Waals surface area contributed by atoms with E-state index in [9.17, 15) is 19.7 Å². The van der Waals surface area contributed by atoms with Gasteiger partial charge in [0.1, 0.15) is 11.6 Å². The Balaban J connectivity index is 1.87. The summed E-state index contributed by atoms with van der Waals surface area (Å²) in [5.41, 5.74) is 5.34. The van der Waals surface area contributed by atoms with Crippen LogP contribution in [0.3, 0.4) is 0 Å². The highest BCUT2D eigenvalue weighted by molar-refractivity contribution is 5.81. The molecule has 0 saturated heterocycles. The summed E-state index contributed by atoms with van der Waals surface area (Å²) in [6.45, 7) is 1.69. The molecule has 0 spiro atoms. The van der Waals surface area contributed by atoms with Crippen molar-refractivity contribution in [2.45, 2.75) is 25.2 Å². The third-order valence-electron chi connectivity index (χ3n) is 5.51. The van der Waals surface area contributed by atoms with Gasteiger partial charge >= 0.3 is 6.08 Å². The van der Waals surface area contributed by atoms with Crippen molar-refractivity contribution in [3.63, 3.8) is 0 Å². The summed E-state index contributed by atoms with van der Waals surface area (Å²) in [5.74, 6) is -0.187. The van der Waals surface area contributed by atoms with Crippen LogP contribution in [0.4, 0.5) is 10.2 Å². The molecule has 22 heavy (non-hydrogen) atoms. The maximum absolute atomic E-state index is 13.4. The predicted molar refractivity (Wildman–Crippen MR) is 72.9 cm³/mol. The topological polar surface area (TPSA) is 130 Å². The first kappa shape index (κ1) is 13.8. The quantitative estimate of drug-likeness (QED) is 0.527. The molecule has 118 valence electrons. The van der Waals surface area contributed by atoms with E-state index < -0.39 is 29.7 Å². The number of imidazole rings is 1. The lowest BCUT2D eigenvalue weighted by Gasteiger charge is -2.25. The number of anilines is 1. The second kappa shape index (κ2) is 4.12. The van der Waals surface area contributed by atoms with Crippen molar-refractivity contribution in [2.75, 3.05) is 12.3 Å². The van der Waals surface area contributed by atoms with Gasteiger partial charge in [0.25, 0.3) is 0 Å². The Morgan fingerprint density at radius 2 is 2.14 bits per heavy atom. The van der Waals surface area contributed by atoms with Gasteiger partial charge in [0.05, 0.1) is 25.1 Å². The molecule has 2 unspecified atom stereocenters. The molecule has 2 aliphatic rings. The van der Waals surface area contributed by atoms with Crippen molar-refractivity contribution in [1.29, 1.82) is 0 Å². The number of nitrogens with zero attached hydrogens (tertiary/aromatic N) is 4. The van der Waals surface area contributed by atoms with E-state index in [1.54, 1.807) is 0 Å². The van der Waals surface area contributed by atoms with E-state index in [1.165, 1.54) is 10.9 Å². The Bertz CT molecular complexity index is 767. The summed E-state index contributed by atoms with van der Waals surface area (Å²) < 4.78 is 15.0. The SMILES string of the molecule is C[C@H]1[C@@H]2[C@@H](n3cnc4c(N)nc(F)nc43)C(O)C(O)[C@@]21CO. The molecule has 8 nitrogen and oxygen atoms in total. The average Bonchev–Trinajstić information content (AvgIpc) is 2.77. The molecule has 2 fully saturated rings. The number of aromatic nitrogens is 4. The minimum absolute atomic E-state index is 0.0300. The van der Waals surface area contributed by atoms with Gasteiger partial charge in [0.2, 0.25) is 0 Å². The molecule has 9 heteroatoms. The highest BCUT2D eigenvalue weighted by atomic mass is 19.1. The van der Waals surface area contributed by atoms with Crippen LogP contribution in [0.5, 0.6) is 0 Å². The number of nitrogens with two attached hydrogens (primary N) is 1. The van der Waals surface area contributed by atoms with Gasteiger partial charge in [-0.3, -0.25) is 0 Å². The second-order valence-electron chi connectivity index (χ2n) is 6.21. The summed E-state index contributed by atoms with van der Waals surface area (Å²) in [6, 6.07) is -0.546. The summed E-state index contributed by atoms with van der Waals surface area (Å²) in [4.78, 5) is 11.2. The van der Waals surface area contributed by atoms with Crippen LogP contribution in [-0.2, 0) is 0 Å². The van der Waals surface area contributed by atoms with E-state index in [-0.39, 0.29) is 35.4 Å². The van der Waals surface area contributed by atoms with E-state index in [1.807, 2.05) is 6.92 Å². The van der Waals surface area contributed by atoms with Crippen LogP contribution in [0.2, 0.25) is 0 Å². The van der Waals surface area contributed by atoms with Gasteiger partial charge in [0.15, 0.2) is 11.5 Å². The van der Waals surface area contributed by atoms with Crippen molar-refractivity contribution < 1.29 is 19.7 Å². The van der Waals surface area contributed by atoms with Crippen LogP contribution in [0.1, 0.15) is 13.0 Å². The van der Waals surface area contributed by atoms with Gasteiger partial charge in [-0.1, -0.05) is 6.92 Å². The van der Waals surface area contributed by atoms with Crippen molar-refractivity contribution in [1.82, 2.24) is 19.5 Å². The Kier molecular flexibility index (Phi) is 2.58. The summed E-state index contributed by atoms with van der Waals surface area (Å²) in [5, 5.41) is 30.3. The zero-order chi connectivity index (χ0) is 15.8. The third-order valence-corrected chi connectivity index (χ3v) is 5.51. The van der Waals surface area contributed by atoms with Crippen LogP contribution >= 0.6 is 0 Å². The molecule has 2 aromatic rings. The lowest BCUT2D eigenvalue weighted by molar-refractivity contribution is -0.0383. The molecule has 6 atom stereocenters. The smallest absolute Gasteiger partial charge is 0.312 e. The van der Waals surface area contributed by atoms with Gasteiger partial charge in [-0.15, -0.1) is 0 Å². The highest BCUT2D eigenvalue weighted by Crippen LogP contribution is 2.71. The Hall–Kier alpha value is -1.84. The molecule has 0 aliphatic heterocycles. The lowest BCUT2D eigenvalue weighted by atomic mass is 9.96. The van der Waals surface area contributed by atoms with E-state index >= 15 is 0 Å². The van der Waals surface area contributed by atoms with Gasteiger partial charge < -0.3 is 25.6 Å². The second-order valence-corrected chi connectivity index (χ2v) is 6.21. The zero-order valence-corrected chi connectivity index (χ0v) is 11.8. The number of nitrogen functional groups attached to an aromatic ring is 1. The number of hydrogen-bond donors (Lipinski definition) is 4. The zero-order valence-electron chi connectivity index (χ0n) is 11.8. The number of fused-ring (bicyclic) bond motifs is 2. The molecular formula is C13H16FN5O3. The van der Waals surface area contributed by atoms with Crippen molar-refractivity contribution in [3.05, 3.63) is 12.4 Å². The van der Waals surface area contributed by atoms with Crippen molar-refractivity contribution in [2.24, 2.45) is 17.3 Å². The molecule has 0 aromatic carbocycles. The molecule has 0 amide bonds. The minimum Gasteiger partial charge on any atom is -0.396 e. The van der Waals surface area contributed by atoms with Crippen LogP contribution < -0.4 is 5.73 Å². The average molecular weight is 309 g/mol. The minimum atomic E-state index is -1.09. The van der Waals surface area contributed by atoms with Crippen LogP contribution in [0, 0.1) is 23.3 Å². The maximum Gasteiger partial charge on any atom is 0.312 e. The number of halogens is 1. The summed E-state index contributed by atoms with van der Waals surface area (Å²) in [6.07, 6.45) is -1.71. The third kappa shape index (κ3) is 1.38. The van der Waals surface area contributed by atoms with Gasteiger partial charge in [-0.2, -0.15) is 14.4 Å². The number of rotatable bonds is 2. The molecule has 2 aromatic heterocycles. The number of aliphatic hydroxyl groups excluding tert-OH is 3. The normalized spacial score (nSPS) is 40.1. The largest absolute Gasteiger partial charge is 0.396 e. The van der Waals surface area contributed by atoms with Crippen LogP contribution in [-0.4, -0.2) is 53.7 Å². The van der Waals surface area contributed by atoms with Crippen molar-refractivity contribution in [3.8, 4) is 0 Å². The molecule has 5 N–H and O–H groups in total. The predicted octanol–water partition coefficient (Wildman–Crippen LogP) is -0.931. The molecule has 2 saturated carbocycles. The Morgan fingerprint density at radius 3 is 2.77 bits per heavy atom. The summed E-state index contributed by atoms with van der Waals surface area (Å²) in [7, 11) is 0. The molecule has 2 aliphatic carbocycles.